The molecule has 1 N–H and O–H groups in total. The summed E-state index contributed by atoms with van der Waals surface area (Å²) in [5, 5.41) is 6.66. The third kappa shape index (κ3) is 5.33. The number of nitrogens with one attached hydrogen (secondary N) is 1. The summed E-state index contributed by atoms with van der Waals surface area (Å²) in [5.41, 5.74) is 1.14. The highest BCUT2D eigenvalue weighted by molar-refractivity contribution is 7.13. The van der Waals surface area contributed by atoms with Gasteiger partial charge in [-0.05, 0) is 19.9 Å². The maximum Gasteiger partial charge on any atom is 0.185 e. The number of hydrogen-bond donors (Lipinski definition) is 1. The van der Waals surface area contributed by atoms with Gasteiger partial charge in [0.15, 0.2) is 5.13 Å². The van der Waals surface area contributed by atoms with Crippen LogP contribution in [0.4, 0.5) is 5.13 Å². The molecule has 18 heavy (non-hydrogen) atoms. The van der Waals surface area contributed by atoms with Gasteiger partial charge in [-0.15, -0.1) is 11.3 Å². The molecule has 1 heterocycles. The predicted molar refractivity (Wildman–Crippen MR) is 78.5 cm³/mol. The van der Waals surface area contributed by atoms with E-state index in [1.165, 1.54) is 12.8 Å². The zero-order valence-electron chi connectivity index (χ0n) is 11.7. The van der Waals surface area contributed by atoms with Crippen molar-refractivity contribution in [2.45, 2.75) is 33.2 Å². The van der Waals surface area contributed by atoms with E-state index in [9.17, 15) is 0 Å². The number of likely N-dealkylation sites (N-methyl/N-ethyl adjacent to an activating group) is 1. The Labute approximate surface area is 114 Å². The minimum Gasteiger partial charge on any atom is -0.383 e. The van der Waals surface area contributed by atoms with Gasteiger partial charge in [0.05, 0.1) is 12.3 Å². The van der Waals surface area contributed by atoms with E-state index in [1.807, 2.05) is 0 Å². The minimum absolute atomic E-state index is 0.748. The minimum atomic E-state index is 0.748. The van der Waals surface area contributed by atoms with E-state index in [-0.39, 0.29) is 0 Å². The monoisotopic (exact) mass is 271 g/mol. The molecule has 1 rings (SSSR count). The molecule has 0 saturated carbocycles. The molecular weight excluding hydrogens is 246 g/mol. The molecule has 0 aliphatic rings. The lowest BCUT2D eigenvalue weighted by Gasteiger charge is -2.18. The molecule has 0 unspecified atom stereocenters. The fourth-order valence-corrected chi connectivity index (χ4v) is 2.55. The fourth-order valence-electron chi connectivity index (χ4n) is 1.63. The highest BCUT2D eigenvalue weighted by atomic mass is 32.1. The third-order valence-electron chi connectivity index (χ3n) is 2.77. The highest BCUT2D eigenvalue weighted by Gasteiger charge is 2.08. The zero-order chi connectivity index (χ0) is 13.2. The Balaban J connectivity index is 2.40. The first-order valence-corrected chi connectivity index (χ1v) is 7.58. The van der Waals surface area contributed by atoms with Crippen LogP contribution in [-0.2, 0) is 11.3 Å². The van der Waals surface area contributed by atoms with E-state index in [0.717, 1.165) is 43.6 Å². The van der Waals surface area contributed by atoms with Gasteiger partial charge in [-0.2, -0.15) is 0 Å². The van der Waals surface area contributed by atoms with E-state index in [0.29, 0.717) is 0 Å². The van der Waals surface area contributed by atoms with Crippen molar-refractivity contribution in [1.82, 2.24) is 10.3 Å². The van der Waals surface area contributed by atoms with Crippen LogP contribution in [0.1, 0.15) is 32.4 Å². The van der Waals surface area contributed by atoms with E-state index < -0.39 is 0 Å². The van der Waals surface area contributed by atoms with Gasteiger partial charge in [-0.3, -0.25) is 0 Å². The van der Waals surface area contributed by atoms with E-state index in [1.54, 1.807) is 18.4 Å². The maximum atomic E-state index is 5.12. The maximum absolute atomic E-state index is 5.12. The molecule has 104 valence electrons. The van der Waals surface area contributed by atoms with Crippen LogP contribution < -0.4 is 10.2 Å². The lowest BCUT2D eigenvalue weighted by atomic mass is 10.3. The third-order valence-corrected chi connectivity index (χ3v) is 3.72. The summed E-state index contributed by atoms with van der Waals surface area (Å²) in [6.07, 6.45) is 2.46. The summed E-state index contributed by atoms with van der Waals surface area (Å²) >= 11 is 1.72. The molecule has 0 spiro atoms. The van der Waals surface area contributed by atoms with Crippen molar-refractivity contribution in [2.24, 2.45) is 0 Å². The van der Waals surface area contributed by atoms with Crippen LogP contribution in [0.15, 0.2) is 5.38 Å². The largest absolute Gasteiger partial charge is 0.383 e. The van der Waals surface area contributed by atoms with Crippen LogP contribution >= 0.6 is 11.3 Å². The van der Waals surface area contributed by atoms with Gasteiger partial charge in [0.1, 0.15) is 0 Å². The Kier molecular flexibility index (Phi) is 7.96. The first-order valence-electron chi connectivity index (χ1n) is 6.70. The molecule has 0 amide bonds. The van der Waals surface area contributed by atoms with Gasteiger partial charge < -0.3 is 15.0 Å². The zero-order valence-corrected chi connectivity index (χ0v) is 12.6. The molecule has 0 saturated heterocycles. The molecular formula is C13H25N3OS. The second kappa shape index (κ2) is 9.30. The molecule has 5 heteroatoms. The number of rotatable bonds is 10. The molecule has 0 aliphatic heterocycles. The van der Waals surface area contributed by atoms with Crippen molar-refractivity contribution in [3.05, 3.63) is 11.1 Å². The van der Waals surface area contributed by atoms with Gasteiger partial charge in [-0.25, -0.2) is 4.98 Å². The Hall–Kier alpha value is -0.650. The van der Waals surface area contributed by atoms with Gasteiger partial charge in [0, 0.05) is 32.1 Å². The topological polar surface area (TPSA) is 37.4 Å². The molecule has 1 aromatic rings. The number of ether oxygens (including phenoxy) is 1. The molecule has 1 aromatic heterocycles. The summed E-state index contributed by atoms with van der Waals surface area (Å²) in [5.74, 6) is 0. The number of hydrogen-bond acceptors (Lipinski definition) is 5. The molecule has 0 radical (unpaired) electrons. The molecule has 0 aromatic carbocycles. The first kappa shape index (κ1) is 15.4. The average Bonchev–Trinajstić information content (AvgIpc) is 2.84. The van der Waals surface area contributed by atoms with Crippen molar-refractivity contribution < 1.29 is 4.74 Å². The van der Waals surface area contributed by atoms with Crippen molar-refractivity contribution in [3.63, 3.8) is 0 Å². The standard InChI is InChI=1S/C13H25N3OS/c1-4-6-7-14-10-12-11-18-13(15-12)16(5-2)8-9-17-3/h11,14H,4-10H2,1-3H3. The summed E-state index contributed by atoms with van der Waals surface area (Å²) in [6.45, 7) is 8.93. The number of thiazole rings is 1. The lowest BCUT2D eigenvalue weighted by molar-refractivity contribution is 0.205. The Morgan fingerprint density at radius 2 is 2.28 bits per heavy atom. The van der Waals surface area contributed by atoms with Crippen LogP contribution in [0.2, 0.25) is 0 Å². The van der Waals surface area contributed by atoms with Crippen molar-refractivity contribution >= 4 is 16.5 Å². The number of anilines is 1. The summed E-state index contributed by atoms with van der Waals surface area (Å²) in [7, 11) is 1.73. The first-order chi connectivity index (χ1) is 8.81. The van der Waals surface area contributed by atoms with Crippen LogP contribution in [0, 0.1) is 0 Å². The van der Waals surface area contributed by atoms with Crippen molar-refractivity contribution in [1.29, 1.82) is 0 Å². The summed E-state index contributed by atoms with van der Waals surface area (Å²) in [4.78, 5) is 6.91. The highest BCUT2D eigenvalue weighted by Crippen LogP contribution is 2.20. The van der Waals surface area contributed by atoms with E-state index in [4.69, 9.17) is 4.74 Å². The average molecular weight is 271 g/mol. The smallest absolute Gasteiger partial charge is 0.185 e. The SMILES string of the molecule is CCCCNCc1csc(N(CC)CCOC)n1. The van der Waals surface area contributed by atoms with Gasteiger partial charge in [-0.1, -0.05) is 13.3 Å². The molecule has 0 fully saturated rings. The molecule has 4 nitrogen and oxygen atoms in total. The van der Waals surface area contributed by atoms with E-state index in [2.05, 4.69) is 34.4 Å². The quantitative estimate of drug-likeness (QED) is 0.664. The summed E-state index contributed by atoms with van der Waals surface area (Å²) in [6, 6.07) is 0. The second-order valence-corrected chi connectivity index (χ2v) is 5.06. The molecule has 0 atom stereocenters. The predicted octanol–water partition coefficient (Wildman–Crippen LogP) is 2.51. The number of aromatic nitrogens is 1. The Morgan fingerprint density at radius 3 is 2.94 bits per heavy atom. The molecule has 0 aliphatic carbocycles. The van der Waals surface area contributed by atoms with Gasteiger partial charge in [0.2, 0.25) is 0 Å². The van der Waals surface area contributed by atoms with E-state index >= 15 is 0 Å². The number of unbranched alkanes of at least 4 members (excludes halogenated alkanes) is 1. The van der Waals surface area contributed by atoms with Crippen LogP contribution in [-0.4, -0.2) is 38.3 Å². The Morgan fingerprint density at radius 1 is 1.44 bits per heavy atom. The summed E-state index contributed by atoms with van der Waals surface area (Å²) < 4.78 is 5.12. The second-order valence-electron chi connectivity index (χ2n) is 4.22. The van der Waals surface area contributed by atoms with Gasteiger partial charge in [0.25, 0.3) is 0 Å². The van der Waals surface area contributed by atoms with Crippen molar-refractivity contribution in [2.75, 3.05) is 38.3 Å². The van der Waals surface area contributed by atoms with Crippen LogP contribution in [0.5, 0.6) is 0 Å². The molecule has 0 bridgehead atoms. The number of methoxy groups -OCH3 is 1. The van der Waals surface area contributed by atoms with Crippen LogP contribution in [0.25, 0.3) is 0 Å². The van der Waals surface area contributed by atoms with Gasteiger partial charge >= 0.3 is 0 Å². The fraction of sp³-hybridized carbons (Fsp3) is 0.769. The van der Waals surface area contributed by atoms with Crippen molar-refractivity contribution in [3.8, 4) is 0 Å². The normalized spacial score (nSPS) is 10.8. The van der Waals surface area contributed by atoms with Crippen LogP contribution in [0.3, 0.4) is 0 Å². The Bertz CT molecular complexity index is 317. The lowest BCUT2D eigenvalue weighted by Crippen LogP contribution is -2.26. The number of nitrogens with zero attached hydrogens (tertiary/aromatic N) is 2.